The molecule has 0 fully saturated rings. The number of aromatic amines is 1. The van der Waals surface area contributed by atoms with Crippen molar-refractivity contribution in [2.45, 2.75) is 12.8 Å². The van der Waals surface area contributed by atoms with Crippen molar-refractivity contribution in [2.75, 3.05) is 0 Å². The highest BCUT2D eigenvalue weighted by atomic mass is 35.5. The van der Waals surface area contributed by atoms with Gasteiger partial charge in [-0.3, -0.25) is 5.10 Å². The Morgan fingerprint density at radius 3 is 2.31 bits per heavy atom. The molecule has 0 atom stereocenters. The predicted molar refractivity (Wildman–Crippen MR) is 96.8 cm³/mol. The summed E-state index contributed by atoms with van der Waals surface area (Å²) in [4.78, 5) is 22.8. The third-order valence-corrected chi connectivity index (χ3v) is 4.32. The molecule has 0 amide bonds. The number of halogens is 1. The normalized spacial score (nSPS) is 10.7. The van der Waals surface area contributed by atoms with E-state index in [1.807, 2.05) is 0 Å². The summed E-state index contributed by atoms with van der Waals surface area (Å²) in [6.07, 6.45) is 0.854. The zero-order valence-electron chi connectivity index (χ0n) is 13.6. The van der Waals surface area contributed by atoms with Gasteiger partial charge in [0.2, 0.25) is 0 Å². The van der Waals surface area contributed by atoms with E-state index in [-0.39, 0.29) is 11.3 Å². The molecule has 0 spiro atoms. The lowest BCUT2D eigenvalue weighted by atomic mass is 9.97. The lowest BCUT2D eigenvalue weighted by molar-refractivity contribution is 0.0682. The van der Waals surface area contributed by atoms with Gasteiger partial charge in [0.05, 0.1) is 5.56 Å². The predicted octanol–water partition coefficient (Wildman–Crippen LogP) is 3.91. The molecule has 2 aromatic carbocycles. The van der Waals surface area contributed by atoms with Crippen LogP contribution in [0.1, 0.15) is 32.1 Å². The summed E-state index contributed by atoms with van der Waals surface area (Å²) < 4.78 is 0. The molecule has 6 nitrogen and oxygen atoms in total. The average molecular weight is 371 g/mol. The minimum atomic E-state index is -1.14. The number of carbonyl (C=O) groups is 2. The largest absolute Gasteiger partial charge is 0.478 e. The second-order valence-electron chi connectivity index (χ2n) is 5.70. The molecular weight excluding hydrogens is 356 g/mol. The molecule has 1 heterocycles. The maximum atomic E-state index is 11.5. The Hall–Kier alpha value is -3.12. The molecule has 0 unspecified atom stereocenters. The molecule has 0 bridgehead atoms. The molecule has 26 heavy (non-hydrogen) atoms. The first kappa shape index (κ1) is 17.7. The molecule has 0 saturated heterocycles. The van der Waals surface area contributed by atoms with E-state index in [9.17, 15) is 19.8 Å². The Balaban J connectivity index is 1.95. The molecule has 0 aliphatic carbocycles. The van der Waals surface area contributed by atoms with Crippen molar-refractivity contribution in [3.63, 3.8) is 0 Å². The number of aryl methyl sites for hydroxylation is 2. The fourth-order valence-corrected chi connectivity index (χ4v) is 2.97. The standard InChI is InChI=1S/C19H15ClN2O4/c20-13-8-5-12(6-9-13)16-15(21-22-17(16)19(25)26)10-7-11-3-1-2-4-14(11)18(23)24/h1-6,8-9H,7,10H2,(H,21,22)(H,23,24)(H,25,26). The van der Waals surface area contributed by atoms with Crippen molar-refractivity contribution < 1.29 is 19.8 Å². The zero-order chi connectivity index (χ0) is 18.7. The number of aromatic nitrogens is 2. The highest BCUT2D eigenvalue weighted by Crippen LogP contribution is 2.28. The Morgan fingerprint density at radius 2 is 1.65 bits per heavy atom. The molecule has 132 valence electrons. The van der Waals surface area contributed by atoms with Crippen LogP contribution in [0.15, 0.2) is 48.5 Å². The van der Waals surface area contributed by atoms with Gasteiger partial charge in [-0.1, -0.05) is 41.9 Å². The topological polar surface area (TPSA) is 103 Å². The lowest BCUT2D eigenvalue weighted by Crippen LogP contribution is -2.04. The quantitative estimate of drug-likeness (QED) is 0.610. The van der Waals surface area contributed by atoms with Crippen LogP contribution in [0, 0.1) is 0 Å². The molecule has 1 aromatic heterocycles. The fourth-order valence-electron chi connectivity index (χ4n) is 2.85. The van der Waals surface area contributed by atoms with E-state index in [1.165, 1.54) is 0 Å². The summed E-state index contributed by atoms with van der Waals surface area (Å²) in [5.74, 6) is -2.13. The van der Waals surface area contributed by atoms with Gasteiger partial charge in [-0.2, -0.15) is 5.10 Å². The number of carboxylic acids is 2. The Labute approximate surface area is 154 Å². The molecule has 7 heteroatoms. The van der Waals surface area contributed by atoms with Crippen molar-refractivity contribution in [3.05, 3.63) is 76.1 Å². The first-order valence-corrected chi connectivity index (χ1v) is 8.23. The van der Waals surface area contributed by atoms with Crippen LogP contribution in [0.25, 0.3) is 11.1 Å². The number of benzene rings is 2. The Morgan fingerprint density at radius 1 is 0.962 bits per heavy atom. The van der Waals surface area contributed by atoms with Crippen molar-refractivity contribution in [3.8, 4) is 11.1 Å². The summed E-state index contributed by atoms with van der Waals surface area (Å²) in [7, 11) is 0. The van der Waals surface area contributed by atoms with E-state index in [4.69, 9.17) is 11.6 Å². The zero-order valence-corrected chi connectivity index (χ0v) is 14.3. The van der Waals surface area contributed by atoms with E-state index in [0.29, 0.717) is 40.2 Å². The number of H-pyrrole nitrogens is 1. The van der Waals surface area contributed by atoms with Gasteiger partial charge in [0.1, 0.15) is 0 Å². The number of aromatic carboxylic acids is 2. The Kier molecular flexibility index (Phi) is 5.04. The van der Waals surface area contributed by atoms with E-state index in [2.05, 4.69) is 10.2 Å². The van der Waals surface area contributed by atoms with Crippen LogP contribution in [0.4, 0.5) is 0 Å². The third-order valence-electron chi connectivity index (χ3n) is 4.07. The summed E-state index contributed by atoms with van der Waals surface area (Å²) in [6.45, 7) is 0. The average Bonchev–Trinajstić information content (AvgIpc) is 3.05. The molecule has 0 saturated carbocycles. The number of hydrogen-bond acceptors (Lipinski definition) is 3. The number of carboxylic acid groups (broad SMARTS) is 2. The SMILES string of the molecule is O=C(O)c1ccccc1CCc1[nH]nc(C(=O)O)c1-c1ccc(Cl)cc1. The molecule has 0 aliphatic heterocycles. The first-order valence-electron chi connectivity index (χ1n) is 7.85. The van der Waals surface area contributed by atoms with Gasteiger partial charge < -0.3 is 10.2 Å². The molecule has 0 radical (unpaired) electrons. The fraction of sp³-hybridized carbons (Fsp3) is 0.105. The van der Waals surface area contributed by atoms with Crippen LogP contribution < -0.4 is 0 Å². The Bertz CT molecular complexity index is 964. The minimum absolute atomic E-state index is 0.0751. The monoisotopic (exact) mass is 370 g/mol. The van der Waals surface area contributed by atoms with Gasteiger partial charge in [-0.05, 0) is 42.2 Å². The maximum absolute atomic E-state index is 11.5. The van der Waals surface area contributed by atoms with Crippen LogP contribution in [0.3, 0.4) is 0 Å². The number of rotatable bonds is 6. The summed E-state index contributed by atoms with van der Waals surface area (Å²) in [5, 5.41) is 25.9. The van der Waals surface area contributed by atoms with E-state index >= 15 is 0 Å². The van der Waals surface area contributed by atoms with Gasteiger partial charge in [0, 0.05) is 16.3 Å². The number of nitrogens with one attached hydrogen (secondary N) is 1. The molecule has 3 N–H and O–H groups in total. The summed E-state index contributed by atoms with van der Waals surface area (Å²) in [5.41, 5.74) is 2.63. The second-order valence-corrected chi connectivity index (χ2v) is 6.14. The summed E-state index contributed by atoms with van der Waals surface area (Å²) in [6, 6.07) is 13.6. The molecule has 3 aromatic rings. The highest BCUT2D eigenvalue weighted by molar-refractivity contribution is 6.30. The van der Waals surface area contributed by atoms with Crippen LogP contribution >= 0.6 is 11.6 Å². The van der Waals surface area contributed by atoms with E-state index in [1.54, 1.807) is 48.5 Å². The smallest absolute Gasteiger partial charge is 0.357 e. The lowest BCUT2D eigenvalue weighted by Gasteiger charge is -2.07. The summed E-state index contributed by atoms with van der Waals surface area (Å²) >= 11 is 5.91. The van der Waals surface area contributed by atoms with Crippen LogP contribution in [-0.2, 0) is 12.8 Å². The van der Waals surface area contributed by atoms with E-state index in [0.717, 1.165) is 0 Å². The van der Waals surface area contributed by atoms with Gasteiger partial charge >= 0.3 is 11.9 Å². The third kappa shape index (κ3) is 3.60. The van der Waals surface area contributed by atoms with Gasteiger partial charge in [0.25, 0.3) is 0 Å². The molecule has 0 aliphatic rings. The van der Waals surface area contributed by atoms with Crippen LogP contribution in [-0.4, -0.2) is 32.3 Å². The second kappa shape index (κ2) is 7.41. The molecular formula is C19H15ClN2O4. The van der Waals surface area contributed by atoms with Crippen LogP contribution in [0.2, 0.25) is 5.02 Å². The molecule has 3 rings (SSSR count). The van der Waals surface area contributed by atoms with E-state index < -0.39 is 11.9 Å². The number of nitrogens with zero attached hydrogens (tertiary/aromatic N) is 1. The van der Waals surface area contributed by atoms with Crippen molar-refractivity contribution in [2.24, 2.45) is 0 Å². The minimum Gasteiger partial charge on any atom is -0.478 e. The van der Waals surface area contributed by atoms with Gasteiger partial charge in [-0.15, -0.1) is 0 Å². The first-order chi connectivity index (χ1) is 12.5. The van der Waals surface area contributed by atoms with Crippen molar-refractivity contribution in [1.82, 2.24) is 10.2 Å². The van der Waals surface area contributed by atoms with Crippen molar-refractivity contribution >= 4 is 23.5 Å². The van der Waals surface area contributed by atoms with Gasteiger partial charge in [0.15, 0.2) is 5.69 Å². The number of hydrogen-bond donors (Lipinski definition) is 3. The van der Waals surface area contributed by atoms with Gasteiger partial charge in [-0.25, -0.2) is 9.59 Å². The van der Waals surface area contributed by atoms with Crippen molar-refractivity contribution in [1.29, 1.82) is 0 Å². The van der Waals surface area contributed by atoms with Crippen LogP contribution in [0.5, 0.6) is 0 Å². The highest BCUT2D eigenvalue weighted by Gasteiger charge is 2.20. The maximum Gasteiger partial charge on any atom is 0.357 e.